The maximum absolute atomic E-state index is 13.3. The number of amides is 1. The lowest BCUT2D eigenvalue weighted by Crippen LogP contribution is -2.44. The van der Waals surface area contributed by atoms with Gasteiger partial charge in [0, 0.05) is 29.8 Å². The Morgan fingerprint density at radius 2 is 2.29 bits per heavy atom. The van der Waals surface area contributed by atoms with Crippen LogP contribution in [0.4, 0.5) is 0 Å². The Morgan fingerprint density at radius 3 is 3.04 bits per heavy atom. The highest BCUT2D eigenvalue weighted by atomic mass is 32.2. The topological polar surface area (TPSA) is 29.5 Å². The van der Waals surface area contributed by atoms with Crippen LogP contribution in [0.5, 0.6) is 0 Å². The summed E-state index contributed by atoms with van der Waals surface area (Å²) in [4.78, 5) is 17.9. The van der Waals surface area contributed by atoms with Crippen molar-refractivity contribution in [1.29, 1.82) is 0 Å². The summed E-state index contributed by atoms with van der Waals surface area (Å²) in [5, 5.41) is 0. The second kappa shape index (κ2) is 7.38. The molecule has 0 radical (unpaired) electrons. The number of carbonyl (C=O) groups excluding carboxylic acids is 1. The van der Waals surface area contributed by atoms with Gasteiger partial charge >= 0.3 is 0 Å². The van der Waals surface area contributed by atoms with Crippen molar-refractivity contribution in [3.63, 3.8) is 0 Å². The second-order valence-corrected chi connectivity index (χ2v) is 9.80. The maximum Gasteiger partial charge on any atom is 0.264 e. The average molecular weight is 366 g/mol. The van der Waals surface area contributed by atoms with E-state index in [1.165, 1.54) is 22.6 Å². The van der Waals surface area contributed by atoms with Gasteiger partial charge in [0.15, 0.2) is 0 Å². The molecule has 2 saturated heterocycles. The van der Waals surface area contributed by atoms with Crippen molar-refractivity contribution >= 4 is 29.0 Å². The zero-order valence-electron chi connectivity index (χ0n) is 14.5. The molecule has 3 atom stereocenters. The number of rotatable bonds is 4. The molecule has 3 aliphatic rings. The Balaban J connectivity index is 1.53. The van der Waals surface area contributed by atoms with Gasteiger partial charge in [-0.25, -0.2) is 0 Å². The number of carbonyl (C=O) groups is 1. The van der Waals surface area contributed by atoms with Crippen molar-refractivity contribution in [1.82, 2.24) is 4.90 Å². The van der Waals surface area contributed by atoms with Crippen LogP contribution in [0.2, 0.25) is 0 Å². The lowest BCUT2D eigenvalue weighted by Gasteiger charge is -2.30. The SMILES string of the molecule is CC1CCc2sc(C(=O)N(CC3CCCO3)C3CCSC3)cc2C1. The molecule has 1 aromatic heterocycles. The molecule has 2 aliphatic heterocycles. The van der Waals surface area contributed by atoms with Crippen LogP contribution in [0.15, 0.2) is 6.07 Å². The third-order valence-corrected chi connectivity index (χ3v) is 7.94. The predicted octanol–water partition coefficient (Wildman–Crippen LogP) is 4.00. The number of ether oxygens (including phenoxy) is 1. The van der Waals surface area contributed by atoms with Crippen molar-refractivity contribution in [2.45, 2.75) is 57.6 Å². The first-order valence-corrected chi connectivity index (χ1v) is 11.3. The van der Waals surface area contributed by atoms with Crippen LogP contribution in [0.3, 0.4) is 0 Å². The Bertz CT molecular complexity index is 588. The van der Waals surface area contributed by atoms with Crippen molar-refractivity contribution in [3.8, 4) is 0 Å². The number of aryl methyl sites for hydroxylation is 1. The van der Waals surface area contributed by atoms with Gasteiger partial charge in [-0.3, -0.25) is 4.79 Å². The van der Waals surface area contributed by atoms with Crippen molar-refractivity contribution in [3.05, 3.63) is 21.4 Å². The van der Waals surface area contributed by atoms with Crippen LogP contribution in [0, 0.1) is 5.92 Å². The van der Waals surface area contributed by atoms with E-state index in [-0.39, 0.29) is 12.0 Å². The average Bonchev–Trinajstić information content (AvgIpc) is 3.31. The molecular formula is C19H27NO2S2. The summed E-state index contributed by atoms with van der Waals surface area (Å²) >= 11 is 3.73. The summed E-state index contributed by atoms with van der Waals surface area (Å²) in [5.41, 5.74) is 1.43. The van der Waals surface area contributed by atoms with Crippen LogP contribution in [0.25, 0.3) is 0 Å². The minimum Gasteiger partial charge on any atom is -0.376 e. The quantitative estimate of drug-likeness (QED) is 0.808. The van der Waals surface area contributed by atoms with E-state index in [1.807, 2.05) is 11.8 Å². The molecule has 1 aromatic rings. The van der Waals surface area contributed by atoms with Gasteiger partial charge in [0.05, 0.1) is 11.0 Å². The molecular weight excluding hydrogens is 338 g/mol. The van der Waals surface area contributed by atoms with E-state index in [0.29, 0.717) is 6.04 Å². The summed E-state index contributed by atoms with van der Waals surface area (Å²) in [6.07, 6.45) is 7.17. The summed E-state index contributed by atoms with van der Waals surface area (Å²) in [7, 11) is 0. The zero-order valence-corrected chi connectivity index (χ0v) is 16.1. The first kappa shape index (κ1) is 16.9. The molecule has 0 N–H and O–H groups in total. The van der Waals surface area contributed by atoms with E-state index < -0.39 is 0 Å². The van der Waals surface area contributed by atoms with Crippen LogP contribution >= 0.6 is 23.1 Å². The number of thioether (sulfide) groups is 1. The summed E-state index contributed by atoms with van der Waals surface area (Å²) < 4.78 is 5.83. The van der Waals surface area contributed by atoms with Gasteiger partial charge in [0.2, 0.25) is 0 Å². The fraction of sp³-hybridized carbons (Fsp3) is 0.737. The fourth-order valence-electron chi connectivity index (χ4n) is 4.13. The normalized spacial score (nSPS) is 29.6. The summed E-state index contributed by atoms with van der Waals surface area (Å²) in [6.45, 7) is 3.96. The van der Waals surface area contributed by atoms with E-state index in [0.717, 1.165) is 61.8 Å². The molecule has 0 aromatic carbocycles. The molecule has 0 saturated carbocycles. The molecule has 0 bridgehead atoms. The van der Waals surface area contributed by atoms with E-state index in [1.54, 1.807) is 11.3 Å². The molecule has 24 heavy (non-hydrogen) atoms. The van der Waals surface area contributed by atoms with E-state index in [2.05, 4.69) is 17.9 Å². The van der Waals surface area contributed by atoms with E-state index in [4.69, 9.17) is 4.74 Å². The highest BCUT2D eigenvalue weighted by Crippen LogP contribution is 2.34. The largest absolute Gasteiger partial charge is 0.376 e. The molecule has 3 nitrogen and oxygen atoms in total. The van der Waals surface area contributed by atoms with Crippen molar-refractivity contribution < 1.29 is 9.53 Å². The molecule has 5 heteroatoms. The molecule has 132 valence electrons. The Morgan fingerprint density at radius 1 is 1.38 bits per heavy atom. The number of hydrogen-bond donors (Lipinski definition) is 0. The molecule has 1 amide bonds. The monoisotopic (exact) mass is 365 g/mol. The Labute approximate surface area is 153 Å². The molecule has 3 unspecified atom stereocenters. The Kier molecular flexibility index (Phi) is 5.21. The third kappa shape index (κ3) is 3.54. The van der Waals surface area contributed by atoms with Gasteiger partial charge in [-0.05, 0) is 61.8 Å². The molecule has 0 spiro atoms. The number of fused-ring (bicyclic) bond motifs is 1. The van der Waals surface area contributed by atoms with E-state index in [9.17, 15) is 4.79 Å². The summed E-state index contributed by atoms with van der Waals surface area (Å²) in [5.74, 6) is 3.27. The van der Waals surface area contributed by atoms with Gasteiger partial charge < -0.3 is 9.64 Å². The third-order valence-electron chi connectivity index (χ3n) is 5.57. The van der Waals surface area contributed by atoms with Crippen molar-refractivity contribution in [2.75, 3.05) is 24.7 Å². The van der Waals surface area contributed by atoms with Crippen LogP contribution in [-0.2, 0) is 17.6 Å². The molecule has 2 fully saturated rings. The molecule has 3 heterocycles. The number of hydrogen-bond acceptors (Lipinski definition) is 4. The minimum absolute atomic E-state index is 0.245. The highest BCUT2D eigenvalue weighted by molar-refractivity contribution is 7.99. The highest BCUT2D eigenvalue weighted by Gasteiger charge is 2.32. The van der Waals surface area contributed by atoms with Gasteiger partial charge in [-0.2, -0.15) is 11.8 Å². The zero-order chi connectivity index (χ0) is 16.5. The van der Waals surface area contributed by atoms with Gasteiger partial charge in [0.25, 0.3) is 5.91 Å². The van der Waals surface area contributed by atoms with Gasteiger partial charge in [-0.15, -0.1) is 11.3 Å². The smallest absolute Gasteiger partial charge is 0.264 e. The minimum atomic E-state index is 0.245. The lowest BCUT2D eigenvalue weighted by atomic mass is 9.90. The first-order valence-electron chi connectivity index (χ1n) is 9.32. The van der Waals surface area contributed by atoms with Crippen LogP contribution in [0.1, 0.15) is 52.7 Å². The molecule has 1 aliphatic carbocycles. The van der Waals surface area contributed by atoms with Crippen LogP contribution in [-0.4, -0.2) is 47.6 Å². The maximum atomic E-state index is 13.3. The van der Waals surface area contributed by atoms with E-state index >= 15 is 0 Å². The summed E-state index contributed by atoms with van der Waals surface area (Å²) in [6, 6.07) is 2.59. The second-order valence-electron chi connectivity index (χ2n) is 7.52. The fourth-order valence-corrected chi connectivity index (χ4v) is 6.51. The molecule has 4 rings (SSSR count). The standard InChI is InChI=1S/C19H27NO2S2/c1-13-4-5-17-14(9-13)10-18(24-17)19(21)20(15-6-8-23-12-15)11-16-3-2-7-22-16/h10,13,15-16H,2-9,11-12H2,1H3. The number of nitrogens with zero attached hydrogens (tertiary/aromatic N) is 1. The Hall–Kier alpha value is -0.520. The predicted molar refractivity (Wildman–Crippen MR) is 101 cm³/mol. The first-order chi connectivity index (χ1) is 11.7. The lowest BCUT2D eigenvalue weighted by molar-refractivity contribution is 0.0445. The van der Waals surface area contributed by atoms with Gasteiger partial charge in [-0.1, -0.05) is 6.92 Å². The van der Waals surface area contributed by atoms with Crippen LogP contribution < -0.4 is 0 Å². The van der Waals surface area contributed by atoms with Gasteiger partial charge in [0.1, 0.15) is 0 Å². The van der Waals surface area contributed by atoms with Crippen molar-refractivity contribution in [2.24, 2.45) is 5.92 Å². The number of thiophene rings is 1.